The first-order chi connectivity index (χ1) is 11.7. The van der Waals surface area contributed by atoms with Crippen molar-refractivity contribution in [1.82, 2.24) is 4.90 Å². The van der Waals surface area contributed by atoms with E-state index < -0.39 is 0 Å². The van der Waals surface area contributed by atoms with E-state index in [1.54, 1.807) is 0 Å². The van der Waals surface area contributed by atoms with Gasteiger partial charge >= 0.3 is 0 Å². The summed E-state index contributed by atoms with van der Waals surface area (Å²) in [5.74, 6) is 1.98. The third-order valence-corrected chi connectivity index (χ3v) is 4.07. The minimum atomic E-state index is 0.759. The van der Waals surface area contributed by atoms with Gasteiger partial charge < -0.3 is 14.4 Å². The Hall–Kier alpha value is -2.00. The number of hydrogen-bond donors (Lipinski definition) is 0. The molecule has 0 saturated heterocycles. The lowest BCUT2D eigenvalue weighted by molar-refractivity contribution is 0.239. The summed E-state index contributed by atoms with van der Waals surface area (Å²) in [5.41, 5.74) is 2.39. The summed E-state index contributed by atoms with van der Waals surface area (Å²) < 4.78 is 11.7. The molecule has 0 N–H and O–H groups in total. The molecule has 0 radical (unpaired) electrons. The third kappa shape index (κ3) is 6.25. The summed E-state index contributed by atoms with van der Waals surface area (Å²) in [6, 6.07) is 16.3. The molecule has 0 heterocycles. The van der Waals surface area contributed by atoms with Crippen LogP contribution in [-0.4, -0.2) is 38.3 Å². The van der Waals surface area contributed by atoms with E-state index in [0.717, 1.165) is 50.6 Å². The van der Waals surface area contributed by atoms with Crippen LogP contribution in [0.15, 0.2) is 48.5 Å². The minimum absolute atomic E-state index is 0.759. The predicted octanol–water partition coefficient (Wildman–Crippen LogP) is 4.47. The molecule has 0 fully saturated rings. The van der Waals surface area contributed by atoms with Gasteiger partial charge in [-0.2, -0.15) is 0 Å². The summed E-state index contributed by atoms with van der Waals surface area (Å²) in [7, 11) is 2.15. The molecule has 0 spiro atoms. The smallest absolute Gasteiger partial charge is 0.122 e. The first-order valence-corrected chi connectivity index (χ1v) is 8.72. The quantitative estimate of drug-likeness (QED) is 0.601. The normalized spacial score (nSPS) is 10.8. The average molecular weight is 327 g/mol. The minimum Gasteiger partial charge on any atom is -0.493 e. The van der Waals surface area contributed by atoms with Gasteiger partial charge in [0.2, 0.25) is 0 Å². The Kier molecular flexibility index (Phi) is 7.63. The van der Waals surface area contributed by atoms with Crippen molar-refractivity contribution in [2.45, 2.75) is 26.7 Å². The Balaban J connectivity index is 1.55. The number of nitrogens with zero attached hydrogens (tertiary/aromatic N) is 1. The third-order valence-electron chi connectivity index (χ3n) is 4.07. The maximum atomic E-state index is 5.83. The molecular weight excluding hydrogens is 298 g/mol. The molecule has 130 valence electrons. The van der Waals surface area contributed by atoms with E-state index in [0.29, 0.717) is 0 Å². The van der Waals surface area contributed by atoms with Crippen LogP contribution in [0.3, 0.4) is 0 Å². The van der Waals surface area contributed by atoms with Gasteiger partial charge in [-0.15, -0.1) is 0 Å². The highest BCUT2D eigenvalue weighted by atomic mass is 16.5. The fourth-order valence-corrected chi connectivity index (χ4v) is 2.58. The number of aryl methyl sites for hydroxylation is 2. The Labute approximate surface area is 146 Å². The SMILES string of the molecule is Cc1ccccc1OCCCN(C)CCCOc1ccccc1C. The molecule has 0 atom stereocenters. The highest BCUT2D eigenvalue weighted by molar-refractivity contribution is 5.32. The highest BCUT2D eigenvalue weighted by Gasteiger charge is 2.02. The van der Waals surface area contributed by atoms with Crippen molar-refractivity contribution in [3.8, 4) is 11.5 Å². The molecule has 0 bridgehead atoms. The zero-order valence-corrected chi connectivity index (χ0v) is 15.1. The first-order valence-electron chi connectivity index (χ1n) is 8.72. The fourth-order valence-electron chi connectivity index (χ4n) is 2.58. The molecular formula is C21H29NO2. The molecule has 2 aromatic rings. The first kappa shape index (κ1) is 18.3. The topological polar surface area (TPSA) is 21.7 Å². The Bertz CT molecular complexity index is 559. The maximum absolute atomic E-state index is 5.83. The molecule has 24 heavy (non-hydrogen) atoms. The summed E-state index contributed by atoms with van der Waals surface area (Å²) >= 11 is 0. The number of benzene rings is 2. The summed E-state index contributed by atoms with van der Waals surface area (Å²) in [6.45, 7) is 7.75. The Morgan fingerprint density at radius 3 is 1.54 bits per heavy atom. The van der Waals surface area contributed by atoms with Crippen molar-refractivity contribution in [1.29, 1.82) is 0 Å². The maximum Gasteiger partial charge on any atom is 0.122 e. The van der Waals surface area contributed by atoms with E-state index in [-0.39, 0.29) is 0 Å². The van der Waals surface area contributed by atoms with Gasteiger partial charge in [-0.05, 0) is 57.0 Å². The van der Waals surface area contributed by atoms with Crippen LogP contribution in [0.2, 0.25) is 0 Å². The fraction of sp³-hybridized carbons (Fsp3) is 0.429. The molecule has 2 aromatic carbocycles. The van der Waals surface area contributed by atoms with E-state index in [9.17, 15) is 0 Å². The van der Waals surface area contributed by atoms with Crippen LogP contribution >= 0.6 is 0 Å². The number of hydrogen-bond acceptors (Lipinski definition) is 3. The highest BCUT2D eigenvalue weighted by Crippen LogP contribution is 2.17. The van der Waals surface area contributed by atoms with Gasteiger partial charge in [-0.25, -0.2) is 0 Å². The van der Waals surface area contributed by atoms with E-state index >= 15 is 0 Å². The number of ether oxygens (including phenoxy) is 2. The predicted molar refractivity (Wildman–Crippen MR) is 100 cm³/mol. The molecule has 0 aliphatic carbocycles. The van der Waals surface area contributed by atoms with Crippen LogP contribution in [0.25, 0.3) is 0 Å². The van der Waals surface area contributed by atoms with Gasteiger partial charge in [0.25, 0.3) is 0 Å². The van der Waals surface area contributed by atoms with E-state index in [1.165, 1.54) is 11.1 Å². The van der Waals surface area contributed by atoms with Crippen molar-refractivity contribution in [3.63, 3.8) is 0 Å². The van der Waals surface area contributed by atoms with E-state index in [1.807, 2.05) is 36.4 Å². The molecule has 0 aromatic heterocycles. The van der Waals surface area contributed by atoms with Gasteiger partial charge in [-0.3, -0.25) is 0 Å². The summed E-state index contributed by atoms with van der Waals surface area (Å²) in [5, 5.41) is 0. The van der Waals surface area contributed by atoms with Crippen molar-refractivity contribution in [2.24, 2.45) is 0 Å². The van der Waals surface area contributed by atoms with Gasteiger partial charge in [0.15, 0.2) is 0 Å². The standard InChI is InChI=1S/C21H29NO2/c1-18-10-4-6-12-20(18)23-16-8-14-22(3)15-9-17-24-21-13-7-5-11-19(21)2/h4-7,10-13H,8-9,14-17H2,1-3H3. The van der Waals surface area contributed by atoms with Gasteiger partial charge in [-0.1, -0.05) is 36.4 Å². The Morgan fingerprint density at radius 2 is 1.12 bits per heavy atom. The van der Waals surface area contributed by atoms with Crippen LogP contribution in [0, 0.1) is 13.8 Å². The van der Waals surface area contributed by atoms with Crippen LogP contribution in [0.1, 0.15) is 24.0 Å². The molecule has 2 rings (SSSR count). The second-order valence-electron chi connectivity index (χ2n) is 6.24. The van der Waals surface area contributed by atoms with Crippen molar-refractivity contribution in [3.05, 3.63) is 59.7 Å². The molecule has 3 heteroatoms. The van der Waals surface area contributed by atoms with E-state index in [4.69, 9.17) is 9.47 Å². The molecule has 0 amide bonds. The lowest BCUT2D eigenvalue weighted by Crippen LogP contribution is -2.23. The average Bonchev–Trinajstić information content (AvgIpc) is 2.58. The molecule has 0 aliphatic rings. The Morgan fingerprint density at radius 1 is 0.708 bits per heavy atom. The van der Waals surface area contributed by atoms with Gasteiger partial charge in [0.05, 0.1) is 13.2 Å². The molecule has 0 saturated carbocycles. The van der Waals surface area contributed by atoms with E-state index in [2.05, 4.69) is 37.9 Å². The largest absolute Gasteiger partial charge is 0.493 e. The van der Waals surface area contributed by atoms with Gasteiger partial charge in [0.1, 0.15) is 11.5 Å². The lowest BCUT2D eigenvalue weighted by atomic mass is 10.2. The van der Waals surface area contributed by atoms with Crippen LogP contribution < -0.4 is 9.47 Å². The van der Waals surface area contributed by atoms with Crippen molar-refractivity contribution in [2.75, 3.05) is 33.4 Å². The second-order valence-corrected chi connectivity index (χ2v) is 6.24. The number of para-hydroxylation sites is 2. The summed E-state index contributed by atoms with van der Waals surface area (Å²) in [6.07, 6.45) is 2.06. The monoisotopic (exact) mass is 327 g/mol. The van der Waals surface area contributed by atoms with Crippen molar-refractivity contribution >= 4 is 0 Å². The molecule has 0 aliphatic heterocycles. The van der Waals surface area contributed by atoms with Crippen molar-refractivity contribution < 1.29 is 9.47 Å². The molecule has 3 nitrogen and oxygen atoms in total. The number of rotatable bonds is 10. The second kappa shape index (κ2) is 9.99. The zero-order valence-electron chi connectivity index (χ0n) is 15.1. The lowest BCUT2D eigenvalue weighted by Gasteiger charge is -2.17. The molecule has 0 unspecified atom stereocenters. The van der Waals surface area contributed by atoms with Crippen LogP contribution in [-0.2, 0) is 0 Å². The van der Waals surface area contributed by atoms with Crippen LogP contribution in [0.5, 0.6) is 11.5 Å². The van der Waals surface area contributed by atoms with Crippen LogP contribution in [0.4, 0.5) is 0 Å². The van der Waals surface area contributed by atoms with Gasteiger partial charge in [0, 0.05) is 13.1 Å². The zero-order chi connectivity index (χ0) is 17.2. The summed E-state index contributed by atoms with van der Waals surface area (Å²) in [4.78, 5) is 2.34.